The molecule has 4 nitrogen and oxygen atoms in total. The van der Waals surface area contributed by atoms with Gasteiger partial charge in [0.25, 0.3) is 0 Å². The number of benzene rings is 1. The summed E-state index contributed by atoms with van der Waals surface area (Å²) in [6.45, 7) is 3.06. The minimum absolute atomic E-state index is 0.647. The van der Waals surface area contributed by atoms with Gasteiger partial charge < -0.3 is 21.1 Å². The predicted octanol–water partition coefficient (Wildman–Crippen LogP) is 0.426. The van der Waals surface area contributed by atoms with E-state index in [0.717, 1.165) is 24.5 Å². The van der Waals surface area contributed by atoms with E-state index in [2.05, 4.69) is 4.90 Å². The number of hydrogen-bond acceptors (Lipinski definition) is 4. The third-order valence-electron chi connectivity index (χ3n) is 2.37. The monoisotopic (exact) mass is 193 g/mol. The van der Waals surface area contributed by atoms with Crippen molar-refractivity contribution in [2.24, 2.45) is 5.73 Å². The lowest BCUT2D eigenvalue weighted by atomic mass is 10.2. The van der Waals surface area contributed by atoms with Crippen molar-refractivity contribution in [2.75, 3.05) is 36.9 Å². The van der Waals surface area contributed by atoms with Crippen LogP contribution in [0.15, 0.2) is 18.2 Å². The van der Waals surface area contributed by atoms with Gasteiger partial charge in [-0.3, -0.25) is 0 Å². The maximum Gasteiger partial charge on any atom is 0.165 e. The van der Waals surface area contributed by atoms with Crippen LogP contribution in [-0.4, -0.2) is 26.2 Å². The zero-order chi connectivity index (χ0) is 9.97. The van der Waals surface area contributed by atoms with E-state index in [1.54, 1.807) is 0 Å². The van der Waals surface area contributed by atoms with Gasteiger partial charge in [0.15, 0.2) is 5.75 Å². The maximum atomic E-state index is 5.82. The van der Waals surface area contributed by atoms with Crippen molar-refractivity contribution in [2.45, 2.75) is 0 Å². The molecule has 1 aromatic rings. The number of ether oxygens (including phenoxy) is 1. The Kier molecular flexibility index (Phi) is 2.45. The first-order valence-corrected chi connectivity index (χ1v) is 4.79. The van der Waals surface area contributed by atoms with Crippen LogP contribution in [0.2, 0.25) is 0 Å². The van der Waals surface area contributed by atoms with Crippen LogP contribution in [0, 0.1) is 0 Å². The second-order valence-electron chi connectivity index (χ2n) is 3.32. The minimum Gasteiger partial charge on any atom is -0.487 e. The quantitative estimate of drug-likeness (QED) is 0.668. The summed E-state index contributed by atoms with van der Waals surface area (Å²) < 4.78 is 5.52. The Hall–Kier alpha value is -1.42. The van der Waals surface area contributed by atoms with Gasteiger partial charge in [-0.2, -0.15) is 0 Å². The summed E-state index contributed by atoms with van der Waals surface area (Å²) in [5.41, 5.74) is 13.1. The van der Waals surface area contributed by atoms with Crippen molar-refractivity contribution >= 4 is 11.4 Å². The highest BCUT2D eigenvalue weighted by Gasteiger charge is 2.18. The van der Waals surface area contributed by atoms with Crippen molar-refractivity contribution < 1.29 is 4.74 Å². The summed E-state index contributed by atoms with van der Waals surface area (Å²) >= 11 is 0. The van der Waals surface area contributed by atoms with Gasteiger partial charge in [0.2, 0.25) is 0 Å². The highest BCUT2D eigenvalue weighted by molar-refractivity contribution is 5.71. The minimum atomic E-state index is 0.647. The van der Waals surface area contributed by atoms with Gasteiger partial charge in [-0.1, -0.05) is 6.07 Å². The molecule has 0 bridgehead atoms. The highest BCUT2D eigenvalue weighted by atomic mass is 16.5. The van der Waals surface area contributed by atoms with Crippen LogP contribution in [0.25, 0.3) is 0 Å². The summed E-state index contributed by atoms with van der Waals surface area (Å²) in [5.74, 6) is 0.798. The molecule has 0 fully saturated rings. The molecule has 1 aromatic carbocycles. The fraction of sp³-hybridized carbons (Fsp3) is 0.400. The zero-order valence-electron chi connectivity index (χ0n) is 8.07. The zero-order valence-corrected chi connectivity index (χ0v) is 8.07. The van der Waals surface area contributed by atoms with E-state index in [9.17, 15) is 0 Å². The summed E-state index contributed by atoms with van der Waals surface area (Å²) in [6.07, 6.45) is 0. The van der Waals surface area contributed by atoms with Crippen molar-refractivity contribution in [3.63, 3.8) is 0 Å². The Bertz CT molecular complexity index is 327. The standard InChI is InChI=1S/C10H15N3O/c11-4-5-13-6-7-14-10-8(12)2-1-3-9(10)13/h1-3H,4-7,11-12H2. The molecule has 1 aliphatic heterocycles. The number of nitrogens with zero attached hydrogens (tertiary/aromatic N) is 1. The normalized spacial score (nSPS) is 14.8. The number of para-hydroxylation sites is 1. The molecule has 14 heavy (non-hydrogen) atoms. The van der Waals surface area contributed by atoms with Crippen LogP contribution in [-0.2, 0) is 0 Å². The van der Waals surface area contributed by atoms with Crippen molar-refractivity contribution in [1.82, 2.24) is 0 Å². The third kappa shape index (κ3) is 1.48. The van der Waals surface area contributed by atoms with Gasteiger partial charge in [0.05, 0.1) is 17.9 Å². The molecule has 0 unspecified atom stereocenters. The van der Waals surface area contributed by atoms with Crippen molar-refractivity contribution in [3.8, 4) is 5.75 Å². The highest BCUT2D eigenvalue weighted by Crippen LogP contribution is 2.36. The van der Waals surface area contributed by atoms with Crippen LogP contribution in [0.1, 0.15) is 0 Å². The topological polar surface area (TPSA) is 64.5 Å². The molecule has 4 N–H and O–H groups in total. The van der Waals surface area contributed by atoms with Gasteiger partial charge in [-0.25, -0.2) is 0 Å². The second kappa shape index (κ2) is 3.75. The third-order valence-corrected chi connectivity index (χ3v) is 2.37. The van der Waals surface area contributed by atoms with Gasteiger partial charge in [-0.05, 0) is 12.1 Å². The van der Waals surface area contributed by atoms with Crippen molar-refractivity contribution in [3.05, 3.63) is 18.2 Å². The van der Waals surface area contributed by atoms with E-state index in [-0.39, 0.29) is 0 Å². The molecule has 0 saturated carbocycles. The first-order chi connectivity index (χ1) is 6.83. The first-order valence-electron chi connectivity index (χ1n) is 4.79. The molecular weight excluding hydrogens is 178 g/mol. The molecule has 0 radical (unpaired) electrons. The summed E-state index contributed by atoms with van der Waals surface area (Å²) in [7, 11) is 0. The lowest BCUT2D eigenvalue weighted by Gasteiger charge is -2.31. The largest absolute Gasteiger partial charge is 0.487 e. The second-order valence-corrected chi connectivity index (χ2v) is 3.32. The average molecular weight is 193 g/mol. The van der Waals surface area contributed by atoms with Crippen LogP contribution in [0.3, 0.4) is 0 Å². The predicted molar refractivity (Wildman–Crippen MR) is 57.6 cm³/mol. The van der Waals surface area contributed by atoms with E-state index >= 15 is 0 Å². The molecule has 0 aromatic heterocycles. The number of nitrogen functional groups attached to an aromatic ring is 1. The number of nitrogens with two attached hydrogens (primary N) is 2. The van der Waals surface area contributed by atoms with Crippen LogP contribution >= 0.6 is 0 Å². The van der Waals surface area contributed by atoms with Gasteiger partial charge in [0, 0.05) is 13.1 Å². The SMILES string of the molecule is NCCN1CCOc2c(N)cccc21. The Balaban J connectivity index is 2.34. The maximum absolute atomic E-state index is 5.82. The van der Waals surface area contributed by atoms with Gasteiger partial charge >= 0.3 is 0 Å². The molecule has 0 saturated heterocycles. The number of rotatable bonds is 2. The van der Waals surface area contributed by atoms with Crippen LogP contribution in [0.4, 0.5) is 11.4 Å². The number of anilines is 2. The molecule has 76 valence electrons. The van der Waals surface area contributed by atoms with E-state index in [0.29, 0.717) is 18.8 Å². The Morgan fingerprint density at radius 3 is 3.07 bits per heavy atom. The van der Waals surface area contributed by atoms with Crippen molar-refractivity contribution in [1.29, 1.82) is 0 Å². The summed E-state index contributed by atoms with van der Waals surface area (Å²) in [5, 5.41) is 0. The lowest BCUT2D eigenvalue weighted by molar-refractivity contribution is 0.310. The van der Waals surface area contributed by atoms with E-state index in [1.807, 2.05) is 18.2 Å². The molecule has 1 aliphatic rings. The Labute approximate surface area is 83.4 Å². The fourth-order valence-electron chi connectivity index (χ4n) is 1.71. The first kappa shape index (κ1) is 9.15. The van der Waals surface area contributed by atoms with E-state index < -0.39 is 0 Å². The van der Waals surface area contributed by atoms with Crippen LogP contribution in [0.5, 0.6) is 5.75 Å². The van der Waals surface area contributed by atoms with Gasteiger partial charge in [-0.15, -0.1) is 0 Å². The lowest BCUT2D eigenvalue weighted by Crippen LogP contribution is -2.36. The van der Waals surface area contributed by atoms with Crippen LogP contribution < -0.4 is 21.1 Å². The number of hydrogen-bond donors (Lipinski definition) is 2. The molecule has 0 aliphatic carbocycles. The van der Waals surface area contributed by atoms with E-state index in [1.165, 1.54) is 0 Å². The smallest absolute Gasteiger partial charge is 0.165 e. The molecule has 2 rings (SSSR count). The molecule has 0 spiro atoms. The van der Waals surface area contributed by atoms with E-state index in [4.69, 9.17) is 16.2 Å². The molecule has 4 heteroatoms. The molecular formula is C10H15N3O. The summed E-state index contributed by atoms with van der Waals surface area (Å²) in [6, 6.07) is 5.80. The fourth-order valence-corrected chi connectivity index (χ4v) is 1.71. The Morgan fingerprint density at radius 1 is 1.43 bits per heavy atom. The average Bonchev–Trinajstić information content (AvgIpc) is 2.20. The number of fused-ring (bicyclic) bond motifs is 1. The molecule has 0 atom stereocenters. The molecule has 1 heterocycles. The van der Waals surface area contributed by atoms with Gasteiger partial charge in [0.1, 0.15) is 6.61 Å². The Morgan fingerprint density at radius 2 is 2.29 bits per heavy atom. The molecule has 0 amide bonds. The summed E-state index contributed by atoms with van der Waals surface area (Å²) in [4.78, 5) is 2.20.